The van der Waals surface area contributed by atoms with Crippen molar-refractivity contribution in [3.63, 3.8) is 0 Å². The van der Waals surface area contributed by atoms with Crippen LogP contribution in [0.25, 0.3) is 5.57 Å². The fourth-order valence-corrected chi connectivity index (χ4v) is 2.89. The zero-order valence-electron chi connectivity index (χ0n) is 13.2. The molecular formula is C18H25NO2. The van der Waals surface area contributed by atoms with Crippen LogP contribution >= 0.6 is 0 Å². The van der Waals surface area contributed by atoms with Crippen molar-refractivity contribution in [2.45, 2.75) is 45.6 Å². The summed E-state index contributed by atoms with van der Waals surface area (Å²) in [7, 11) is 1.65. The average Bonchev–Trinajstić information content (AvgIpc) is 2.49. The molecule has 2 rings (SSSR count). The molecule has 114 valence electrons. The van der Waals surface area contributed by atoms with Gasteiger partial charge in [-0.3, -0.25) is 4.79 Å². The van der Waals surface area contributed by atoms with Gasteiger partial charge in [-0.1, -0.05) is 25.1 Å². The highest BCUT2D eigenvalue weighted by Crippen LogP contribution is 2.26. The summed E-state index contributed by atoms with van der Waals surface area (Å²) in [4.78, 5) is 12.1. The number of nitrogens with one attached hydrogen (secondary N) is 1. The van der Waals surface area contributed by atoms with E-state index in [0.717, 1.165) is 35.6 Å². The van der Waals surface area contributed by atoms with Crippen molar-refractivity contribution in [3.8, 4) is 5.75 Å². The van der Waals surface area contributed by atoms with Crippen LogP contribution in [0.2, 0.25) is 0 Å². The molecule has 1 N–H and O–H groups in total. The third-order valence-corrected chi connectivity index (χ3v) is 4.24. The standard InChI is InChI=1S/C18H25NO2/c1-13-8-10-15(11-9-13)19-18(20)12-14(2)16-6-4-5-7-17(16)21-3/h4-7,12-13,15H,8-11H2,1-3H3,(H,19,20)/b14-12+. The van der Waals surface area contributed by atoms with Crippen LogP contribution in [-0.4, -0.2) is 19.1 Å². The Morgan fingerprint density at radius 3 is 2.57 bits per heavy atom. The highest BCUT2D eigenvalue weighted by molar-refractivity contribution is 5.95. The van der Waals surface area contributed by atoms with E-state index in [1.54, 1.807) is 13.2 Å². The number of rotatable bonds is 4. The Kier molecular flexibility index (Phi) is 5.43. The van der Waals surface area contributed by atoms with Crippen molar-refractivity contribution in [1.29, 1.82) is 0 Å². The monoisotopic (exact) mass is 287 g/mol. The molecule has 0 spiro atoms. The van der Waals surface area contributed by atoms with Gasteiger partial charge in [0.15, 0.2) is 0 Å². The molecule has 1 aliphatic carbocycles. The van der Waals surface area contributed by atoms with Crippen molar-refractivity contribution in [2.24, 2.45) is 5.92 Å². The molecule has 3 heteroatoms. The van der Waals surface area contributed by atoms with E-state index in [1.165, 1.54) is 12.8 Å². The summed E-state index contributed by atoms with van der Waals surface area (Å²) in [6.07, 6.45) is 6.28. The molecule has 1 saturated carbocycles. The number of amides is 1. The third kappa shape index (κ3) is 4.35. The Bertz CT molecular complexity index is 514. The predicted molar refractivity (Wildman–Crippen MR) is 86.2 cm³/mol. The molecule has 1 aliphatic rings. The summed E-state index contributed by atoms with van der Waals surface area (Å²) in [6.45, 7) is 4.23. The number of allylic oxidation sites excluding steroid dienone is 1. The first kappa shape index (κ1) is 15.6. The summed E-state index contributed by atoms with van der Waals surface area (Å²) in [5.41, 5.74) is 1.89. The van der Waals surface area contributed by atoms with E-state index in [1.807, 2.05) is 31.2 Å². The molecule has 21 heavy (non-hydrogen) atoms. The topological polar surface area (TPSA) is 38.3 Å². The first-order chi connectivity index (χ1) is 10.1. The second-order valence-electron chi connectivity index (χ2n) is 5.99. The van der Waals surface area contributed by atoms with Gasteiger partial charge in [0, 0.05) is 17.7 Å². The van der Waals surface area contributed by atoms with Crippen LogP contribution in [0.3, 0.4) is 0 Å². The zero-order valence-corrected chi connectivity index (χ0v) is 13.2. The van der Waals surface area contributed by atoms with E-state index < -0.39 is 0 Å². The molecule has 1 aromatic rings. The largest absolute Gasteiger partial charge is 0.496 e. The van der Waals surface area contributed by atoms with Crippen molar-refractivity contribution in [1.82, 2.24) is 5.32 Å². The minimum Gasteiger partial charge on any atom is -0.496 e. The van der Waals surface area contributed by atoms with Crippen LogP contribution in [0.15, 0.2) is 30.3 Å². The molecule has 1 aromatic carbocycles. The first-order valence-corrected chi connectivity index (χ1v) is 7.72. The number of para-hydroxylation sites is 1. The Balaban J connectivity index is 1.99. The van der Waals surface area contributed by atoms with Gasteiger partial charge in [-0.2, -0.15) is 0 Å². The van der Waals surface area contributed by atoms with Gasteiger partial charge < -0.3 is 10.1 Å². The highest BCUT2D eigenvalue weighted by atomic mass is 16.5. The maximum Gasteiger partial charge on any atom is 0.244 e. The van der Waals surface area contributed by atoms with Gasteiger partial charge in [0.25, 0.3) is 0 Å². The number of benzene rings is 1. The van der Waals surface area contributed by atoms with E-state index in [-0.39, 0.29) is 5.91 Å². The lowest BCUT2D eigenvalue weighted by molar-refractivity contribution is -0.117. The number of ether oxygens (including phenoxy) is 1. The number of carbonyl (C=O) groups excluding carboxylic acids is 1. The predicted octanol–water partition coefficient (Wildman–Crippen LogP) is 3.79. The fourth-order valence-electron chi connectivity index (χ4n) is 2.89. The number of carbonyl (C=O) groups is 1. The van der Waals surface area contributed by atoms with Crippen LogP contribution in [0.1, 0.15) is 45.1 Å². The number of hydrogen-bond acceptors (Lipinski definition) is 2. The van der Waals surface area contributed by atoms with Gasteiger partial charge in [0.1, 0.15) is 5.75 Å². The first-order valence-electron chi connectivity index (χ1n) is 7.72. The molecular weight excluding hydrogens is 262 g/mol. The second kappa shape index (κ2) is 7.30. The maximum atomic E-state index is 12.1. The molecule has 0 heterocycles. The lowest BCUT2D eigenvalue weighted by atomic mass is 9.87. The lowest BCUT2D eigenvalue weighted by Crippen LogP contribution is -2.36. The molecule has 0 unspecified atom stereocenters. The summed E-state index contributed by atoms with van der Waals surface area (Å²) >= 11 is 0. The minimum atomic E-state index is -0.00189. The van der Waals surface area contributed by atoms with Gasteiger partial charge in [-0.25, -0.2) is 0 Å². The summed E-state index contributed by atoms with van der Waals surface area (Å²) in [5, 5.41) is 3.12. The van der Waals surface area contributed by atoms with E-state index in [0.29, 0.717) is 6.04 Å². The number of methoxy groups -OCH3 is 1. The molecule has 0 radical (unpaired) electrons. The van der Waals surface area contributed by atoms with Crippen LogP contribution in [0.5, 0.6) is 5.75 Å². The summed E-state index contributed by atoms with van der Waals surface area (Å²) in [6, 6.07) is 8.09. The Morgan fingerprint density at radius 2 is 1.90 bits per heavy atom. The van der Waals surface area contributed by atoms with Crippen molar-refractivity contribution in [2.75, 3.05) is 7.11 Å². The summed E-state index contributed by atoms with van der Waals surface area (Å²) < 4.78 is 5.34. The van der Waals surface area contributed by atoms with E-state index in [9.17, 15) is 4.79 Å². The van der Waals surface area contributed by atoms with E-state index in [2.05, 4.69) is 12.2 Å². The van der Waals surface area contributed by atoms with Crippen molar-refractivity contribution < 1.29 is 9.53 Å². The Labute approximate surface area is 127 Å². The zero-order chi connectivity index (χ0) is 15.2. The molecule has 0 atom stereocenters. The van der Waals surface area contributed by atoms with Gasteiger partial charge in [0.05, 0.1) is 7.11 Å². The molecule has 0 aliphatic heterocycles. The minimum absolute atomic E-state index is 0.00189. The third-order valence-electron chi connectivity index (χ3n) is 4.24. The average molecular weight is 287 g/mol. The summed E-state index contributed by atoms with van der Waals surface area (Å²) in [5.74, 6) is 1.59. The molecule has 3 nitrogen and oxygen atoms in total. The van der Waals surface area contributed by atoms with Gasteiger partial charge in [-0.15, -0.1) is 0 Å². The van der Waals surface area contributed by atoms with Gasteiger partial charge in [-0.05, 0) is 50.2 Å². The van der Waals surface area contributed by atoms with E-state index >= 15 is 0 Å². The van der Waals surface area contributed by atoms with Crippen molar-refractivity contribution >= 4 is 11.5 Å². The smallest absolute Gasteiger partial charge is 0.244 e. The van der Waals surface area contributed by atoms with Crippen LogP contribution in [0, 0.1) is 5.92 Å². The van der Waals surface area contributed by atoms with Crippen LogP contribution in [-0.2, 0) is 4.79 Å². The van der Waals surface area contributed by atoms with Crippen LogP contribution < -0.4 is 10.1 Å². The van der Waals surface area contributed by atoms with E-state index in [4.69, 9.17) is 4.74 Å². The number of hydrogen-bond donors (Lipinski definition) is 1. The Hall–Kier alpha value is -1.77. The quantitative estimate of drug-likeness (QED) is 0.856. The van der Waals surface area contributed by atoms with Gasteiger partial charge >= 0.3 is 0 Å². The fraction of sp³-hybridized carbons (Fsp3) is 0.500. The molecule has 1 fully saturated rings. The Morgan fingerprint density at radius 1 is 1.24 bits per heavy atom. The maximum absolute atomic E-state index is 12.1. The second-order valence-corrected chi connectivity index (χ2v) is 5.99. The normalized spacial score (nSPS) is 22.7. The SMILES string of the molecule is COc1ccccc1/C(C)=C/C(=O)NC1CCC(C)CC1. The van der Waals surface area contributed by atoms with Crippen molar-refractivity contribution in [3.05, 3.63) is 35.9 Å². The molecule has 0 aromatic heterocycles. The highest BCUT2D eigenvalue weighted by Gasteiger charge is 2.19. The van der Waals surface area contributed by atoms with Crippen LogP contribution in [0.4, 0.5) is 0 Å². The van der Waals surface area contributed by atoms with Gasteiger partial charge in [0.2, 0.25) is 5.91 Å². The molecule has 0 bridgehead atoms. The molecule has 1 amide bonds. The molecule has 0 saturated heterocycles. The lowest BCUT2D eigenvalue weighted by Gasteiger charge is -2.26.